The number of benzene rings is 1. The summed E-state index contributed by atoms with van der Waals surface area (Å²) in [4.78, 5) is 26.0. The summed E-state index contributed by atoms with van der Waals surface area (Å²) in [5.74, 6) is 0.377. The minimum atomic E-state index is -0.386. The molecule has 1 heterocycles. The Labute approximate surface area is 129 Å². The molecule has 1 aliphatic rings. The Kier molecular flexibility index (Phi) is 5.04. The summed E-state index contributed by atoms with van der Waals surface area (Å²) in [5.41, 5.74) is 0.772. The van der Waals surface area contributed by atoms with E-state index in [1.165, 1.54) is 14.2 Å². The van der Waals surface area contributed by atoms with Crippen LogP contribution in [0.15, 0.2) is 24.8 Å². The highest BCUT2D eigenvalue weighted by atomic mass is 16.5. The van der Waals surface area contributed by atoms with Crippen LogP contribution in [0.25, 0.3) is 0 Å². The van der Waals surface area contributed by atoms with Gasteiger partial charge < -0.3 is 19.7 Å². The molecule has 0 atom stereocenters. The lowest BCUT2D eigenvalue weighted by atomic mass is 10.1. The first-order valence-corrected chi connectivity index (χ1v) is 7.09. The van der Waals surface area contributed by atoms with Crippen molar-refractivity contribution in [3.63, 3.8) is 0 Å². The number of hydrogen-bond acceptors (Lipinski definition) is 4. The van der Waals surface area contributed by atoms with Gasteiger partial charge in [0.1, 0.15) is 0 Å². The van der Waals surface area contributed by atoms with E-state index in [4.69, 9.17) is 9.47 Å². The first-order chi connectivity index (χ1) is 10.6. The second-order valence-electron chi connectivity index (χ2n) is 4.95. The smallest absolute Gasteiger partial charge is 0.256 e. The van der Waals surface area contributed by atoms with Gasteiger partial charge in [0, 0.05) is 19.2 Å². The van der Waals surface area contributed by atoms with E-state index in [-0.39, 0.29) is 11.8 Å². The monoisotopic (exact) mass is 304 g/mol. The van der Waals surface area contributed by atoms with Crippen LogP contribution in [0.1, 0.15) is 23.2 Å². The highest BCUT2D eigenvalue weighted by Crippen LogP contribution is 2.34. The fourth-order valence-electron chi connectivity index (χ4n) is 2.43. The summed E-state index contributed by atoms with van der Waals surface area (Å²) < 4.78 is 10.5. The topological polar surface area (TPSA) is 67.9 Å². The summed E-state index contributed by atoms with van der Waals surface area (Å²) in [5, 5.41) is 2.65. The number of anilines is 1. The SMILES string of the molecule is C=CC(=O)Nc1cc(OC)c(OC)cc1C(=O)N1CCCC1. The van der Waals surface area contributed by atoms with Gasteiger partial charge >= 0.3 is 0 Å². The van der Waals surface area contributed by atoms with E-state index in [0.717, 1.165) is 32.0 Å². The van der Waals surface area contributed by atoms with Crippen LogP contribution in [0.3, 0.4) is 0 Å². The molecule has 1 aromatic carbocycles. The normalized spacial score (nSPS) is 13.6. The van der Waals surface area contributed by atoms with Crippen LogP contribution in [0.2, 0.25) is 0 Å². The van der Waals surface area contributed by atoms with Gasteiger partial charge in [-0.3, -0.25) is 9.59 Å². The maximum atomic E-state index is 12.7. The van der Waals surface area contributed by atoms with E-state index in [1.807, 2.05) is 0 Å². The predicted molar refractivity (Wildman–Crippen MR) is 83.5 cm³/mol. The van der Waals surface area contributed by atoms with E-state index in [1.54, 1.807) is 17.0 Å². The highest BCUT2D eigenvalue weighted by Gasteiger charge is 2.24. The van der Waals surface area contributed by atoms with Crippen molar-refractivity contribution in [2.75, 3.05) is 32.6 Å². The van der Waals surface area contributed by atoms with Crippen molar-refractivity contribution in [3.8, 4) is 11.5 Å². The Morgan fingerprint density at radius 1 is 1.18 bits per heavy atom. The Bertz CT molecular complexity index is 592. The van der Waals surface area contributed by atoms with Crippen LogP contribution in [-0.4, -0.2) is 44.0 Å². The van der Waals surface area contributed by atoms with Crippen molar-refractivity contribution in [3.05, 3.63) is 30.4 Å². The van der Waals surface area contributed by atoms with Gasteiger partial charge in [0.25, 0.3) is 5.91 Å². The number of likely N-dealkylation sites (tertiary alicyclic amines) is 1. The lowest BCUT2D eigenvalue weighted by Crippen LogP contribution is -2.28. The third-order valence-electron chi connectivity index (χ3n) is 3.59. The molecule has 0 radical (unpaired) electrons. The molecule has 0 saturated carbocycles. The maximum absolute atomic E-state index is 12.7. The summed E-state index contributed by atoms with van der Waals surface area (Å²) in [6.45, 7) is 4.87. The lowest BCUT2D eigenvalue weighted by molar-refractivity contribution is -0.111. The van der Waals surface area contributed by atoms with Crippen molar-refractivity contribution >= 4 is 17.5 Å². The van der Waals surface area contributed by atoms with Crippen LogP contribution in [0, 0.1) is 0 Å². The van der Waals surface area contributed by atoms with Gasteiger partial charge in [0.05, 0.1) is 25.5 Å². The molecule has 2 rings (SSSR count). The molecular formula is C16H20N2O4. The van der Waals surface area contributed by atoms with Crippen molar-refractivity contribution < 1.29 is 19.1 Å². The molecule has 2 amide bonds. The van der Waals surface area contributed by atoms with Gasteiger partial charge in [0.15, 0.2) is 11.5 Å². The third kappa shape index (κ3) is 3.21. The molecule has 0 aromatic heterocycles. The number of carbonyl (C=O) groups is 2. The van der Waals surface area contributed by atoms with E-state index >= 15 is 0 Å². The first kappa shape index (κ1) is 15.9. The van der Waals surface area contributed by atoms with Crippen molar-refractivity contribution in [2.24, 2.45) is 0 Å². The number of carbonyl (C=O) groups excluding carboxylic acids is 2. The molecule has 0 unspecified atom stereocenters. The zero-order valence-electron chi connectivity index (χ0n) is 12.8. The van der Waals surface area contributed by atoms with E-state index in [2.05, 4.69) is 11.9 Å². The average Bonchev–Trinajstić information content (AvgIpc) is 3.08. The number of nitrogens with one attached hydrogen (secondary N) is 1. The van der Waals surface area contributed by atoms with Gasteiger partial charge in [-0.2, -0.15) is 0 Å². The molecule has 6 nitrogen and oxygen atoms in total. The number of amides is 2. The lowest BCUT2D eigenvalue weighted by Gasteiger charge is -2.19. The molecule has 1 fully saturated rings. The summed E-state index contributed by atoms with van der Waals surface area (Å²) >= 11 is 0. The average molecular weight is 304 g/mol. The third-order valence-corrected chi connectivity index (χ3v) is 3.59. The van der Waals surface area contributed by atoms with Crippen LogP contribution in [-0.2, 0) is 4.79 Å². The molecule has 118 valence electrons. The van der Waals surface area contributed by atoms with Gasteiger partial charge in [-0.1, -0.05) is 6.58 Å². The predicted octanol–water partition coefficient (Wildman–Crippen LogP) is 2.06. The number of rotatable bonds is 5. The number of nitrogens with zero attached hydrogens (tertiary/aromatic N) is 1. The second kappa shape index (κ2) is 6.98. The van der Waals surface area contributed by atoms with Gasteiger partial charge in [-0.25, -0.2) is 0 Å². The molecule has 6 heteroatoms. The molecule has 1 aliphatic heterocycles. The molecule has 22 heavy (non-hydrogen) atoms. The summed E-state index contributed by atoms with van der Waals surface area (Å²) in [6.07, 6.45) is 3.14. The Morgan fingerprint density at radius 2 is 1.77 bits per heavy atom. The zero-order valence-corrected chi connectivity index (χ0v) is 12.8. The first-order valence-electron chi connectivity index (χ1n) is 7.09. The van der Waals surface area contributed by atoms with E-state index < -0.39 is 0 Å². The van der Waals surface area contributed by atoms with Gasteiger partial charge in [0.2, 0.25) is 5.91 Å². The minimum Gasteiger partial charge on any atom is -0.493 e. The molecule has 1 saturated heterocycles. The molecule has 1 N–H and O–H groups in total. The Morgan fingerprint density at radius 3 is 2.32 bits per heavy atom. The minimum absolute atomic E-state index is 0.127. The second-order valence-corrected chi connectivity index (χ2v) is 4.95. The molecule has 0 bridgehead atoms. The molecular weight excluding hydrogens is 284 g/mol. The Balaban J connectivity index is 2.45. The highest BCUT2D eigenvalue weighted by molar-refractivity contribution is 6.07. The summed E-state index contributed by atoms with van der Waals surface area (Å²) in [7, 11) is 3.00. The van der Waals surface area contributed by atoms with Crippen LogP contribution < -0.4 is 14.8 Å². The standard InChI is InChI=1S/C16H20N2O4/c1-4-15(19)17-12-10-14(22-3)13(21-2)9-11(12)16(20)18-7-5-6-8-18/h4,9-10H,1,5-8H2,2-3H3,(H,17,19). The largest absolute Gasteiger partial charge is 0.493 e. The molecule has 0 spiro atoms. The maximum Gasteiger partial charge on any atom is 0.256 e. The van der Waals surface area contributed by atoms with E-state index in [9.17, 15) is 9.59 Å². The number of hydrogen-bond donors (Lipinski definition) is 1. The van der Waals surface area contributed by atoms with Crippen LogP contribution >= 0.6 is 0 Å². The number of ether oxygens (including phenoxy) is 2. The molecule has 1 aromatic rings. The van der Waals surface area contributed by atoms with Crippen molar-refractivity contribution in [1.82, 2.24) is 4.90 Å². The zero-order chi connectivity index (χ0) is 16.1. The van der Waals surface area contributed by atoms with Crippen LogP contribution in [0.5, 0.6) is 11.5 Å². The van der Waals surface area contributed by atoms with Gasteiger partial charge in [-0.05, 0) is 25.0 Å². The van der Waals surface area contributed by atoms with Crippen molar-refractivity contribution in [1.29, 1.82) is 0 Å². The molecule has 0 aliphatic carbocycles. The van der Waals surface area contributed by atoms with Crippen molar-refractivity contribution in [2.45, 2.75) is 12.8 Å². The summed E-state index contributed by atoms with van der Waals surface area (Å²) in [6, 6.07) is 3.18. The van der Waals surface area contributed by atoms with E-state index in [0.29, 0.717) is 22.7 Å². The Hall–Kier alpha value is -2.50. The fraction of sp³-hybridized carbons (Fsp3) is 0.375. The van der Waals surface area contributed by atoms with Crippen LogP contribution in [0.4, 0.5) is 5.69 Å². The number of methoxy groups -OCH3 is 2. The van der Waals surface area contributed by atoms with Gasteiger partial charge in [-0.15, -0.1) is 0 Å². The fourth-order valence-corrected chi connectivity index (χ4v) is 2.43. The quantitative estimate of drug-likeness (QED) is 0.846.